The van der Waals surface area contributed by atoms with Gasteiger partial charge < -0.3 is 24.4 Å². The highest BCUT2D eigenvalue weighted by atomic mass is 31.2. The van der Waals surface area contributed by atoms with Gasteiger partial charge >= 0.3 is 19.8 Å². The van der Waals surface area contributed by atoms with E-state index in [0.29, 0.717) is 19.3 Å². The van der Waals surface area contributed by atoms with Crippen LogP contribution < -0.4 is 0 Å². The van der Waals surface area contributed by atoms with E-state index in [2.05, 4.69) is 61.8 Å². The van der Waals surface area contributed by atoms with Crippen LogP contribution in [0, 0.1) is 5.92 Å². The monoisotopic (exact) mass is 764 g/mol. The Morgan fingerprint density at radius 2 is 1.19 bits per heavy atom. The van der Waals surface area contributed by atoms with Gasteiger partial charge in [-0.2, -0.15) is 0 Å². The van der Waals surface area contributed by atoms with E-state index < -0.39 is 38.6 Å². The van der Waals surface area contributed by atoms with Crippen LogP contribution in [0.3, 0.4) is 0 Å². The molecule has 0 saturated heterocycles. The largest absolute Gasteiger partial charge is 0.469 e. The summed E-state index contributed by atoms with van der Waals surface area (Å²) in [5.41, 5.74) is 0. The lowest BCUT2D eigenvalue weighted by atomic mass is 10.0. The highest BCUT2D eigenvalue weighted by molar-refractivity contribution is 7.46. The predicted octanol–water partition coefficient (Wildman–Crippen LogP) is 11.1. The van der Waals surface area contributed by atoms with Crippen LogP contribution >= 0.6 is 7.82 Å². The number of phosphoric acid groups is 1. The molecule has 1 unspecified atom stereocenters. The molecule has 10 heteroatoms. The zero-order chi connectivity index (χ0) is 39.3. The molecular formula is C43H73O9P. The van der Waals surface area contributed by atoms with Crippen LogP contribution in [0.25, 0.3) is 0 Å². The normalized spacial score (nSPS) is 13.9. The zero-order valence-corrected chi connectivity index (χ0v) is 34.1. The summed E-state index contributed by atoms with van der Waals surface area (Å²) in [5, 5.41) is 10.1. The van der Waals surface area contributed by atoms with Crippen molar-refractivity contribution >= 4 is 19.8 Å². The number of carbonyl (C=O) groups excluding carboxylic acids is 2. The average molecular weight is 765 g/mol. The first-order valence-corrected chi connectivity index (χ1v) is 21.7. The van der Waals surface area contributed by atoms with Gasteiger partial charge in [0.25, 0.3) is 0 Å². The van der Waals surface area contributed by atoms with Crippen LogP contribution in [-0.4, -0.2) is 52.3 Å². The molecule has 0 saturated carbocycles. The Kier molecular flexibility index (Phi) is 34.7. The molecule has 0 aliphatic carbocycles. The van der Waals surface area contributed by atoms with E-state index in [9.17, 15) is 19.3 Å². The van der Waals surface area contributed by atoms with Gasteiger partial charge in [-0.3, -0.25) is 14.1 Å². The van der Waals surface area contributed by atoms with Gasteiger partial charge in [0, 0.05) is 12.8 Å². The van der Waals surface area contributed by atoms with E-state index in [1.807, 2.05) is 12.2 Å². The first-order chi connectivity index (χ1) is 25.5. The van der Waals surface area contributed by atoms with Gasteiger partial charge in [0.1, 0.15) is 6.61 Å². The maximum absolute atomic E-state index is 12.4. The molecule has 0 bridgehead atoms. The Labute approximate surface area is 322 Å². The van der Waals surface area contributed by atoms with Crippen molar-refractivity contribution < 1.29 is 43.0 Å². The molecule has 0 rings (SSSR count). The lowest BCUT2D eigenvalue weighted by molar-refractivity contribution is -0.161. The number of aliphatic hydroxyl groups is 1. The van der Waals surface area contributed by atoms with E-state index in [-0.39, 0.29) is 19.4 Å². The third kappa shape index (κ3) is 40.5. The van der Waals surface area contributed by atoms with Crippen LogP contribution in [-0.2, 0) is 28.2 Å². The van der Waals surface area contributed by atoms with Crippen molar-refractivity contribution in [2.75, 3.05) is 13.2 Å². The second-order valence-electron chi connectivity index (χ2n) is 13.9. The number of aliphatic hydroxyl groups excluding tert-OH is 1. The SMILES string of the molecule is CC/C=C\C/C=C\C/C=C\C/C=C\C=C/C(O)C/C=C\CCC(=O)O[C@H](COC(=O)CCCCCCCCCCCCCCC(C)C)COP(=O)(O)O. The topological polar surface area (TPSA) is 140 Å². The molecule has 0 aromatic carbocycles. The number of unbranched alkanes of at least 4 members (excludes halogenated alkanes) is 11. The number of esters is 2. The lowest BCUT2D eigenvalue weighted by Gasteiger charge is -2.18. The molecule has 2 atom stereocenters. The minimum atomic E-state index is -4.80. The Hall–Kier alpha value is -2.55. The number of allylic oxidation sites excluding steroid dienone is 10. The van der Waals surface area contributed by atoms with E-state index in [0.717, 1.165) is 50.9 Å². The summed E-state index contributed by atoms with van der Waals surface area (Å²) in [4.78, 5) is 42.8. The summed E-state index contributed by atoms with van der Waals surface area (Å²) in [5.74, 6) is -0.262. The molecule has 0 amide bonds. The summed E-state index contributed by atoms with van der Waals surface area (Å²) in [6.45, 7) is 5.74. The second kappa shape index (κ2) is 36.4. The number of hydrogen-bond acceptors (Lipinski definition) is 7. The fourth-order valence-electron chi connectivity index (χ4n) is 5.26. The minimum absolute atomic E-state index is 0.00316. The smallest absolute Gasteiger partial charge is 0.462 e. The molecule has 3 N–H and O–H groups in total. The Morgan fingerprint density at radius 1 is 0.642 bits per heavy atom. The first-order valence-electron chi connectivity index (χ1n) is 20.2. The van der Waals surface area contributed by atoms with Gasteiger partial charge in [0.2, 0.25) is 0 Å². The highest BCUT2D eigenvalue weighted by Crippen LogP contribution is 2.36. The van der Waals surface area contributed by atoms with Gasteiger partial charge in [-0.05, 0) is 50.9 Å². The second-order valence-corrected chi connectivity index (χ2v) is 15.2. The summed E-state index contributed by atoms with van der Waals surface area (Å²) in [6, 6.07) is 0. The fraction of sp³-hybridized carbons (Fsp3) is 0.674. The quantitative estimate of drug-likeness (QED) is 0.0189. The third-order valence-electron chi connectivity index (χ3n) is 8.26. The fourth-order valence-corrected chi connectivity index (χ4v) is 5.62. The minimum Gasteiger partial charge on any atom is -0.462 e. The highest BCUT2D eigenvalue weighted by Gasteiger charge is 2.22. The van der Waals surface area contributed by atoms with Gasteiger partial charge in [0.05, 0.1) is 12.7 Å². The molecule has 9 nitrogen and oxygen atoms in total. The Balaban J connectivity index is 4.18. The molecule has 0 radical (unpaired) electrons. The molecule has 0 heterocycles. The Bertz CT molecular complexity index is 1120. The molecule has 0 aliphatic rings. The number of ether oxygens (including phenoxy) is 2. The van der Waals surface area contributed by atoms with Crippen LogP contribution in [0.1, 0.15) is 156 Å². The summed E-state index contributed by atoms with van der Waals surface area (Å²) < 4.78 is 26.2. The first kappa shape index (κ1) is 50.5. The summed E-state index contributed by atoms with van der Waals surface area (Å²) >= 11 is 0. The number of hydrogen-bond donors (Lipinski definition) is 3. The molecule has 304 valence electrons. The average Bonchev–Trinajstić information content (AvgIpc) is 3.10. The number of carbonyl (C=O) groups is 2. The summed E-state index contributed by atoms with van der Waals surface area (Å²) in [6.07, 6.45) is 42.3. The van der Waals surface area contributed by atoms with E-state index in [1.165, 1.54) is 57.8 Å². The van der Waals surface area contributed by atoms with Crippen LogP contribution in [0.15, 0.2) is 72.9 Å². The van der Waals surface area contributed by atoms with Crippen molar-refractivity contribution in [1.29, 1.82) is 0 Å². The number of rotatable bonds is 35. The van der Waals surface area contributed by atoms with Crippen LogP contribution in [0.2, 0.25) is 0 Å². The van der Waals surface area contributed by atoms with Crippen molar-refractivity contribution in [2.45, 2.75) is 168 Å². The van der Waals surface area contributed by atoms with E-state index >= 15 is 0 Å². The molecule has 0 aromatic heterocycles. The molecular weight excluding hydrogens is 691 g/mol. The van der Waals surface area contributed by atoms with Crippen LogP contribution in [0.5, 0.6) is 0 Å². The van der Waals surface area contributed by atoms with Gasteiger partial charge in [-0.25, -0.2) is 4.57 Å². The van der Waals surface area contributed by atoms with Crippen molar-refractivity contribution in [2.24, 2.45) is 5.92 Å². The van der Waals surface area contributed by atoms with Crippen LogP contribution in [0.4, 0.5) is 0 Å². The zero-order valence-electron chi connectivity index (χ0n) is 33.2. The lowest BCUT2D eigenvalue weighted by Crippen LogP contribution is -2.29. The van der Waals surface area contributed by atoms with Crippen molar-refractivity contribution in [3.05, 3.63) is 72.9 Å². The Morgan fingerprint density at radius 3 is 1.75 bits per heavy atom. The maximum atomic E-state index is 12.4. The van der Waals surface area contributed by atoms with Gasteiger partial charge in [-0.1, -0.05) is 171 Å². The van der Waals surface area contributed by atoms with Gasteiger partial charge in [-0.15, -0.1) is 0 Å². The van der Waals surface area contributed by atoms with E-state index in [4.69, 9.17) is 19.3 Å². The van der Waals surface area contributed by atoms with E-state index in [1.54, 1.807) is 24.3 Å². The number of phosphoric ester groups is 1. The van der Waals surface area contributed by atoms with Crippen molar-refractivity contribution in [3.8, 4) is 0 Å². The molecule has 0 fully saturated rings. The summed E-state index contributed by atoms with van der Waals surface area (Å²) in [7, 11) is -4.80. The predicted molar refractivity (Wildman–Crippen MR) is 217 cm³/mol. The third-order valence-corrected chi connectivity index (χ3v) is 8.75. The standard InChI is InChI=1S/C43H73O9P/c1-4-5-6-7-8-9-10-11-15-18-21-24-28-33-40(44)34-29-26-31-36-43(46)52-41(38-51-53(47,48)49)37-50-42(45)35-30-25-22-19-16-13-12-14-17-20-23-27-32-39(2)3/h5-6,8-9,11,15,21,24,26,28-29,33,39-41,44H,4,7,10,12-14,16-20,22-23,25,27,30-32,34-38H2,1-3H3,(H2,47,48,49)/b6-5-,9-8-,15-11-,24-21-,29-26-,33-28-/t40?,41-/m1/s1. The molecule has 0 spiro atoms. The molecule has 0 aromatic rings. The molecule has 53 heavy (non-hydrogen) atoms. The van der Waals surface area contributed by atoms with Crippen molar-refractivity contribution in [1.82, 2.24) is 0 Å². The van der Waals surface area contributed by atoms with Gasteiger partial charge in [0.15, 0.2) is 6.10 Å². The maximum Gasteiger partial charge on any atom is 0.469 e. The van der Waals surface area contributed by atoms with Crippen molar-refractivity contribution in [3.63, 3.8) is 0 Å². The molecule has 0 aliphatic heterocycles.